The van der Waals surface area contributed by atoms with Gasteiger partial charge in [-0.05, 0) is 18.6 Å². The molecule has 0 aliphatic heterocycles. The molecule has 0 radical (unpaired) electrons. The number of nitro benzene ring substituents is 1. The summed E-state index contributed by atoms with van der Waals surface area (Å²) in [5.41, 5.74) is 5.11. The Balaban J connectivity index is 2.95. The maximum absolute atomic E-state index is 11.9. The molecule has 0 aliphatic carbocycles. The van der Waals surface area contributed by atoms with Gasteiger partial charge in [-0.3, -0.25) is 19.7 Å². The fourth-order valence-corrected chi connectivity index (χ4v) is 1.65. The lowest BCUT2D eigenvalue weighted by Crippen LogP contribution is -2.43. The minimum absolute atomic E-state index is 0.0799. The molecule has 4 N–H and O–H groups in total. The highest BCUT2D eigenvalue weighted by Crippen LogP contribution is 2.17. The number of hydrogen-bond donors (Lipinski definition) is 3. The number of rotatable bonds is 6. The molecule has 0 bridgehead atoms. The lowest BCUT2D eigenvalue weighted by atomic mass is 10.1. The van der Waals surface area contributed by atoms with Crippen molar-refractivity contribution >= 4 is 23.5 Å². The van der Waals surface area contributed by atoms with Gasteiger partial charge < -0.3 is 16.2 Å². The molecular weight excluding hydrogens is 282 g/mol. The molecule has 0 spiro atoms. The van der Waals surface area contributed by atoms with Gasteiger partial charge in [-0.25, -0.2) is 4.79 Å². The highest BCUT2D eigenvalue weighted by Gasteiger charge is 2.23. The molecule has 9 nitrogen and oxygen atoms in total. The summed E-state index contributed by atoms with van der Waals surface area (Å²) >= 11 is 0. The summed E-state index contributed by atoms with van der Waals surface area (Å²) in [7, 11) is 0. The number of benzene rings is 1. The van der Waals surface area contributed by atoms with E-state index in [9.17, 15) is 24.5 Å². The van der Waals surface area contributed by atoms with E-state index in [1.54, 1.807) is 0 Å². The van der Waals surface area contributed by atoms with Gasteiger partial charge in [0.1, 0.15) is 6.04 Å². The number of hydrogen-bond acceptors (Lipinski definition) is 5. The maximum atomic E-state index is 11.9. The summed E-state index contributed by atoms with van der Waals surface area (Å²) in [5, 5.41) is 21.6. The fourth-order valence-electron chi connectivity index (χ4n) is 1.65. The van der Waals surface area contributed by atoms with Gasteiger partial charge in [0.2, 0.25) is 5.91 Å². The van der Waals surface area contributed by atoms with Gasteiger partial charge in [-0.2, -0.15) is 0 Å². The first-order chi connectivity index (χ1) is 9.72. The zero-order valence-corrected chi connectivity index (χ0v) is 11.0. The highest BCUT2D eigenvalue weighted by molar-refractivity contribution is 5.98. The van der Waals surface area contributed by atoms with Crippen molar-refractivity contribution in [1.29, 1.82) is 0 Å². The van der Waals surface area contributed by atoms with E-state index >= 15 is 0 Å². The number of aryl methyl sites for hydroxylation is 1. The van der Waals surface area contributed by atoms with Crippen molar-refractivity contribution < 1.29 is 24.4 Å². The molecule has 112 valence electrons. The summed E-state index contributed by atoms with van der Waals surface area (Å²) in [4.78, 5) is 43.6. The third-order valence-electron chi connectivity index (χ3n) is 2.67. The van der Waals surface area contributed by atoms with Gasteiger partial charge in [0.15, 0.2) is 0 Å². The van der Waals surface area contributed by atoms with Gasteiger partial charge in [0.05, 0.1) is 11.3 Å². The Bertz CT molecular complexity index is 613. The molecular formula is C12H13N3O6. The minimum Gasteiger partial charge on any atom is -0.480 e. The van der Waals surface area contributed by atoms with E-state index in [0.717, 1.165) is 6.07 Å². The Labute approximate surface area is 118 Å². The molecule has 0 unspecified atom stereocenters. The largest absolute Gasteiger partial charge is 0.480 e. The Kier molecular flexibility index (Phi) is 4.95. The van der Waals surface area contributed by atoms with Crippen LogP contribution in [0.3, 0.4) is 0 Å². The molecule has 0 heterocycles. The van der Waals surface area contributed by atoms with Gasteiger partial charge in [0, 0.05) is 17.7 Å². The second-order valence-electron chi connectivity index (χ2n) is 4.29. The molecule has 0 saturated carbocycles. The first-order valence-electron chi connectivity index (χ1n) is 5.79. The van der Waals surface area contributed by atoms with Crippen LogP contribution in [0.4, 0.5) is 5.69 Å². The van der Waals surface area contributed by atoms with Crippen LogP contribution in [0.15, 0.2) is 18.2 Å². The average Bonchev–Trinajstić information content (AvgIpc) is 2.36. The van der Waals surface area contributed by atoms with Crippen LogP contribution >= 0.6 is 0 Å². The molecule has 2 amide bonds. The van der Waals surface area contributed by atoms with Crippen molar-refractivity contribution in [2.24, 2.45) is 5.73 Å². The molecule has 1 aromatic carbocycles. The summed E-state index contributed by atoms with van der Waals surface area (Å²) in [6.45, 7) is 1.48. The van der Waals surface area contributed by atoms with E-state index in [1.807, 2.05) is 0 Å². The van der Waals surface area contributed by atoms with Crippen LogP contribution in [0.1, 0.15) is 22.3 Å². The second kappa shape index (κ2) is 6.46. The second-order valence-corrected chi connectivity index (χ2v) is 4.29. The Hall–Kier alpha value is -2.97. The van der Waals surface area contributed by atoms with Gasteiger partial charge >= 0.3 is 5.97 Å². The predicted molar refractivity (Wildman–Crippen MR) is 70.5 cm³/mol. The number of amides is 2. The number of carbonyl (C=O) groups is 3. The number of primary amides is 1. The van der Waals surface area contributed by atoms with Crippen LogP contribution in [0.2, 0.25) is 0 Å². The van der Waals surface area contributed by atoms with Gasteiger partial charge in [-0.1, -0.05) is 0 Å². The quantitative estimate of drug-likeness (QED) is 0.494. The van der Waals surface area contributed by atoms with E-state index in [0.29, 0.717) is 5.56 Å². The zero-order valence-electron chi connectivity index (χ0n) is 11.0. The maximum Gasteiger partial charge on any atom is 0.326 e. The number of nitro groups is 1. The van der Waals surface area contributed by atoms with Crippen LogP contribution in [-0.4, -0.2) is 33.9 Å². The van der Waals surface area contributed by atoms with Crippen LogP contribution < -0.4 is 11.1 Å². The molecule has 1 atom stereocenters. The predicted octanol–water partition coefficient (Wildman–Crippen LogP) is -0.0384. The molecule has 0 aromatic heterocycles. The van der Waals surface area contributed by atoms with E-state index < -0.39 is 35.2 Å². The molecule has 0 fully saturated rings. The van der Waals surface area contributed by atoms with Crippen LogP contribution in [0, 0.1) is 17.0 Å². The number of nitrogens with two attached hydrogens (primary N) is 1. The van der Waals surface area contributed by atoms with Crippen LogP contribution in [0.25, 0.3) is 0 Å². The van der Waals surface area contributed by atoms with E-state index in [4.69, 9.17) is 10.8 Å². The molecule has 1 aromatic rings. The minimum atomic E-state index is -1.45. The lowest BCUT2D eigenvalue weighted by molar-refractivity contribution is -0.384. The number of carboxylic acids is 1. The number of carbonyl (C=O) groups excluding carboxylic acids is 2. The number of nitrogens with zero attached hydrogens (tertiary/aromatic N) is 1. The van der Waals surface area contributed by atoms with Crippen LogP contribution in [0.5, 0.6) is 0 Å². The highest BCUT2D eigenvalue weighted by atomic mass is 16.6. The van der Waals surface area contributed by atoms with Crippen molar-refractivity contribution in [3.8, 4) is 0 Å². The topological polar surface area (TPSA) is 153 Å². The molecule has 21 heavy (non-hydrogen) atoms. The standard InChI is InChI=1S/C12H13N3O6/c1-6-4-7(15(20)21)2-3-8(6)11(17)14-9(12(18)19)5-10(13)16/h2-4,9H,5H2,1H3,(H2,13,16)(H,14,17)(H,18,19)/t9-/m1/s1. The first-order valence-corrected chi connectivity index (χ1v) is 5.79. The third-order valence-corrected chi connectivity index (χ3v) is 2.67. The van der Waals surface area contributed by atoms with E-state index in [1.165, 1.54) is 19.1 Å². The fraction of sp³-hybridized carbons (Fsp3) is 0.250. The van der Waals surface area contributed by atoms with Crippen molar-refractivity contribution in [2.75, 3.05) is 0 Å². The third kappa shape index (κ3) is 4.27. The van der Waals surface area contributed by atoms with Crippen molar-refractivity contribution in [1.82, 2.24) is 5.32 Å². The normalized spacial score (nSPS) is 11.5. The SMILES string of the molecule is Cc1cc([N+](=O)[O-])ccc1C(=O)N[C@H](CC(N)=O)C(=O)O. The van der Waals surface area contributed by atoms with E-state index in [2.05, 4.69) is 5.32 Å². The van der Waals surface area contributed by atoms with Crippen molar-refractivity contribution in [2.45, 2.75) is 19.4 Å². The van der Waals surface area contributed by atoms with Crippen LogP contribution in [-0.2, 0) is 9.59 Å². The number of nitrogens with one attached hydrogen (secondary N) is 1. The summed E-state index contributed by atoms with van der Waals surface area (Å²) < 4.78 is 0. The molecule has 0 aliphatic rings. The number of carboxylic acid groups (broad SMARTS) is 1. The summed E-state index contributed by atoms with van der Waals surface area (Å²) in [6, 6.07) is 2.08. The number of non-ortho nitro benzene ring substituents is 1. The smallest absolute Gasteiger partial charge is 0.326 e. The lowest BCUT2D eigenvalue weighted by Gasteiger charge is -2.13. The summed E-state index contributed by atoms with van der Waals surface area (Å²) in [6.07, 6.45) is -0.549. The number of aliphatic carboxylic acids is 1. The van der Waals surface area contributed by atoms with E-state index in [-0.39, 0.29) is 11.3 Å². The molecule has 0 saturated heterocycles. The Morgan fingerprint density at radius 1 is 1.43 bits per heavy atom. The monoisotopic (exact) mass is 295 g/mol. The van der Waals surface area contributed by atoms with Crippen molar-refractivity contribution in [3.05, 3.63) is 39.4 Å². The first kappa shape index (κ1) is 16.1. The average molecular weight is 295 g/mol. The Morgan fingerprint density at radius 3 is 2.48 bits per heavy atom. The zero-order chi connectivity index (χ0) is 16.2. The van der Waals surface area contributed by atoms with Gasteiger partial charge in [0.25, 0.3) is 11.6 Å². The summed E-state index contributed by atoms with van der Waals surface area (Å²) in [5.74, 6) is -3.03. The van der Waals surface area contributed by atoms with Crippen molar-refractivity contribution in [3.63, 3.8) is 0 Å². The molecule has 9 heteroatoms. The Morgan fingerprint density at radius 2 is 2.05 bits per heavy atom. The van der Waals surface area contributed by atoms with Gasteiger partial charge in [-0.15, -0.1) is 0 Å². The molecule has 1 rings (SSSR count).